The fourth-order valence-electron chi connectivity index (χ4n) is 0.952. The highest BCUT2D eigenvalue weighted by Crippen LogP contribution is 1.88. The van der Waals surface area contributed by atoms with Gasteiger partial charge in [-0.2, -0.15) is 0 Å². The molecular weight excluding hydrogens is 192 g/mol. The fourth-order valence-corrected chi connectivity index (χ4v) is 0.952. The average Bonchev–Trinajstić information content (AvgIpc) is 2.24. The third-order valence-electron chi connectivity index (χ3n) is 2.10. The van der Waals surface area contributed by atoms with E-state index in [9.17, 15) is 0 Å². The summed E-state index contributed by atoms with van der Waals surface area (Å²) in [6, 6.07) is 0. The van der Waals surface area contributed by atoms with Crippen LogP contribution in [-0.2, 0) is 4.79 Å². The van der Waals surface area contributed by atoms with E-state index in [0.29, 0.717) is 6.61 Å². The molecule has 0 bridgehead atoms. The van der Waals surface area contributed by atoms with Crippen LogP contribution in [0.15, 0.2) is 0 Å². The Hall–Kier alpha value is -0.450. The number of aliphatic hydroxyl groups is 1. The second kappa shape index (κ2) is 13.5. The van der Waals surface area contributed by atoms with Crippen LogP contribution in [0.1, 0.15) is 20.3 Å². The van der Waals surface area contributed by atoms with E-state index in [1.54, 1.807) is 0 Å². The van der Waals surface area contributed by atoms with E-state index < -0.39 is 0 Å². The number of likely N-dealkylation sites (N-methyl/N-ethyl adjacent to an activating group) is 2. The van der Waals surface area contributed by atoms with Crippen molar-refractivity contribution in [2.45, 2.75) is 20.3 Å². The van der Waals surface area contributed by atoms with Crippen LogP contribution in [0.3, 0.4) is 0 Å². The van der Waals surface area contributed by atoms with Crippen molar-refractivity contribution in [1.82, 2.24) is 9.80 Å². The highest BCUT2D eigenvalue weighted by Gasteiger charge is 1.99. The molecule has 0 saturated carbocycles. The van der Waals surface area contributed by atoms with E-state index in [2.05, 4.69) is 30.8 Å². The number of hydrogen-bond donors (Lipinski definition) is 1. The zero-order chi connectivity index (χ0) is 12.1. The minimum atomic E-state index is 0.300. The molecule has 0 rings (SSSR count). The molecule has 0 atom stereocenters. The third kappa shape index (κ3) is 16.2. The van der Waals surface area contributed by atoms with Gasteiger partial charge in [0.25, 0.3) is 0 Å². The summed E-state index contributed by atoms with van der Waals surface area (Å²) in [5, 5.41) is 8.60. The van der Waals surface area contributed by atoms with Crippen molar-refractivity contribution in [2.24, 2.45) is 0 Å². The van der Waals surface area contributed by atoms with Gasteiger partial charge >= 0.3 is 0 Å². The number of carbonyl (C=O) groups excluding carboxylic acids is 1. The zero-order valence-corrected chi connectivity index (χ0v) is 10.6. The van der Waals surface area contributed by atoms with E-state index >= 15 is 0 Å². The van der Waals surface area contributed by atoms with Crippen molar-refractivity contribution in [3.63, 3.8) is 0 Å². The number of rotatable bonds is 7. The smallest absolute Gasteiger partial charge is 0.116 e. The van der Waals surface area contributed by atoms with Gasteiger partial charge in [-0.25, -0.2) is 0 Å². The standard InChI is InChI=1S/C9H22N2O.C2H4O/c1-4-10(2)7-8-11(3)6-5-9-12;1-2-3/h12H,4-9H2,1-3H3;2H,1H3. The highest BCUT2D eigenvalue weighted by atomic mass is 16.3. The summed E-state index contributed by atoms with van der Waals surface area (Å²) in [7, 11) is 4.22. The van der Waals surface area contributed by atoms with Crippen molar-refractivity contribution >= 4 is 6.29 Å². The molecule has 0 heterocycles. The van der Waals surface area contributed by atoms with Gasteiger partial charge in [-0.15, -0.1) is 0 Å². The summed E-state index contributed by atoms with van der Waals surface area (Å²) >= 11 is 0. The lowest BCUT2D eigenvalue weighted by atomic mass is 10.4. The van der Waals surface area contributed by atoms with Gasteiger partial charge < -0.3 is 19.7 Å². The van der Waals surface area contributed by atoms with Gasteiger partial charge in [-0.3, -0.25) is 0 Å². The first-order valence-corrected chi connectivity index (χ1v) is 5.50. The van der Waals surface area contributed by atoms with Crippen molar-refractivity contribution < 1.29 is 9.90 Å². The second-order valence-corrected chi connectivity index (χ2v) is 3.51. The second-order valence-electron chi connectivity index (χ2n) is 3.51. The summed E-state index contributed by atoms with van der Waals surface area (Å²) in [6.07, 6.45) is 1.63. The third-order valence-corrected chi connectivity index (χ3v) is 2.10. The molecule has 4 heteroatoms. The van der Waals surface area contributed by atoms with Gasteiger partial charge in [0.1, 0.15) is 6.29 Å². The van der Waals surface area contributed by atoms with Gasteiger partial charge in [0, 0.05) is 26.2 Å². The molecule has 4 nitrogen and oxygen atoms in total. The molecule has 92 valence electrons. The van der Waals surface area contributed by atoms with Crippen LogP contribution >= 0.6 is 0 Å². The predicted octanol–water partition coefficient (Wildman–Crippen LogP) is 0.458. The minimum Gasteiger partial charge on any atom is -0.396 e. The zero-order valence-electron chi connectivity index (χ0n) is 10.6. The first kappa shape index (κ1) is 17.0. The quantitative estimate of drug-likeness (QED) is 0.630. The predicted molar refractivity (Wildman–Crippen MR) is 64.1 cm³/mol. The Balaban J connectivity index is 0. The molecule has 0 aliphatic carbocycles. The maximum atomic E-state index is 8.81. The maximum Gasteiger partial charge on any atom is 0.116 e. The highest BCUT2D eigenvalue weighted by molar-refractivity contribution is 5.44. The van der Waals surface area contributed by atoms with Crippen LogP contribution in [-0.4, -0.2) is 68.1 Å². The summed E-state index contributed by atoms with van der Waals surface area (Å²) < 4.78 is 0. The summed E-state index contributed by atoms with van der Waals surface area (Å²) in [4.78, 5) is 13.3. The largest absolute Gasteiger partial charge is 0.396 e. The Morgan fingerprint density at radius 1 is 1.13 bits per heavy atom. The van der Waals surface area contributed by atoms with Gasteiger partial charge in [0.2, 0.25) is 0 Å². The molecule has 0 radical (unpaired) electrons. The Morgan fingerprint density at radius 3 is 2.00 bits per heavy atom. The number of hydrogen-bond acceptors (Lipinski definition) is 4. The number of aldehydes is 1. The Kier molecular flexibility index (Phi) is 15.3. The normalized spacial score (nSPS) is 10.1. The minimum absolute atomic E-state index is 0.300. The topological polar surface area (TPSA) is 43.8 Å². The molecule has 0 aromatic heterocycles. The van der Waals surface area contributed by atoms with E-state index in [0.717, 1.165) is 38.9 Å². The number of nitrogens with zero attached hydrogens (tertiary/aromatic N) is 2. The lowest BCUT2D eigenvalue weighted by Gasteiger charge is -2.20. The van der Waals surface area contributed by atoms with Crippen molar-refractivity contribution in [1.29, 1.82) is 0 Å². The lowest BCUT2D eigenvalue weighted by molar-refractivity contribution is -0.106. The lowest BCUT2D eigenvalue weighted by Crippen LogP contribution is -2.31. The van der Waals surface area contributed by atoms with Crippen molar-refractivity contribution in [3.8, 4) is 0 Å². The number of aliphatic hydroxyl groups excluding tert-OH is 1. The summed E-state index contributed by atoms with van der Waals surface area (Å²) in [5.74, 6) is 0. The average molecular weight is 218 g/mol. The first-order chi connectivity index (χ1) is 7.12. The fraction of sp³-hybridized carbons (Fsp3) is 0.909. The number of carbonyl (C=O) groups is 1. The molecule has 0 fully saturated rings. The first-order valence-electron chi connectivity index (χ1n) is 5.50. The molecule has 0 spiro atoms. The molecule has 0 aliphatic heterocycles. The van der Waals surface area contributed by atoms with Crippen molar-refractivity contribution in [2.75, 3.05) is 46.9 Å². The van der Waals surface area contributed by atoms with Crippen LogP contribution in [0.4, 0.5) is 0 Å². The van der Waals surface area contributed by atoms with Gasteiger partial charge in [0.05, 0.1) is 0 Å². The molecule has 0 saturated heterocycles. The molecular formula is C11H26N2O2. The van der Waals surface area contributed by atoms with Crippen LogP contribution in [0, 0.1) is 0 Å². The maximum absolute atomic E-state index is 8.81. The van der Waals surface area contributed by atoms with Crippen LogP contribution in [0.2, 0.25) is 0 Å². The van der Waals surface area contributed by atoms with Crippen LogP contribution in [0.5, 0.6) is 0 Å². The van der Waals surface area contributed by atoms with Gasteiger partial charge in [0.15, 0.2) is 0 Å². The molecule has 0 aliphatic rings. The monoisotopic (exact) mass is 218 g/mol. The van der Waals surface area contributed by atoms with Gasteiger partial charge in [-0.05, 0) is 34.0 Å². The molecule has 0 aromatic rings. The molecule has 0 aromatic carbocycles. The SMILES string of the molecule is CC=O.CCN(C)CCN(C)CCCO. The Labute approximate surface area is 93.9 Å². The van der Waals surface area contributed by atoms with E-state index in [-0.39, 0.29) is 0 Å². The van der Waals surface area contributed by atoms with E-state index in [1.807, 2.05) is 0 Å². The molecule has 15 heavy (non-hydrogen) atoms. The van der Waals surface area contributed by atoms with E-state index in [1.165, 1.54) is 6.92 Å². The summed E-state index contributed by atoms with van der Waals surface area (Å²) in [6.45, 7) is 8.20. The van der Waals surface area contributed by atoms with Crippen LogP contribution in [0.25, 0.3) is 0 Å². The van der Waals surface area contributed by atoms with E-state index in [4.69, 9.17) is 9.90 Å². The molecule has 1 N–H and O–H groups in total. The Morgan fingerprint density at radius 2 is 1.60 bits per heavy atom. The molecule has 0 amide bonds. The van der Waals surface area contributed by atoms with Gasteiger partial charge in [-0.1, -0.05) is 6.92 Å². The Bertz CT molecular complexity index is 132. The summed E-state index contributed by atoms with van der Waals surface area (Å²) in [5.41, 5.74) is 0. The van der Waals surface area contributed by atoms with Crippen molar-refractivity contribution in [3.05, 3.63) is 0 Å². The molecule has 0 unspecified atom stereocenters. The van der Waals surface area contributed by atoms with Crippen LogP contribution < -0.4 is 0 Å².